The van der Waals surface area contributed by atoms with Crippen molar-refractivity contribution in [3.05, 3.63) is 215 Å². The number of imidazole rings is 2. The molecule has 0 saturated carbocycles. The zero-order valence-electron chi connectivity index (χ0n) is 50.6. The fourth-order valence-corrected chi connectivity index (χ4v) is 11.0. The van der Waals surface area contributed by atoms with Gasteiger partial charge in [-0.15, -0.1) is 47.5 Å². The van der Waals surface area contributed by atoms with Gasteiger partial charge in [0.2, 0.25) is 0 Å². The Labute approximate surface area is 475 Å². The molecule has 0 bridgehead atoms. The van der Waals surface area contributed by atoms with Crippen LogP contribution >= 0.6 is 0 Å². The largest absolute Gasteiger partial charge is 0.500 e. The van der Waals surface area contributed by atoms with Crippen molar-refractivity contribution < 1.29 is 31.4 Å². The van der Waals surface area contributed by atoms with Crippen molar-refractivity contribution in [1.29, 1.82) is 0 Å². The van der Waals surface area contributed by atoms with E-state index in [0.29, 0.717) is 34.7 Å². The fourth-order valence-electron chi connectivity index (χ4n) is 11.0. The minimum Gasteiger partial charge on any atom is -0.500 e. The number of aromatic nitrogens is 4. The Balaban J connectivity index is 0.000000182. The maximum atomic E-state index is 8.98. The number of nitrogens with zero attached hydrogens (tertiary/aromatic N) is 4. The molecule has 0 unspecified atom stereocenters. The smallest absolute Gasteiger partial charge is 0.128 e. The van der Waals surface area contributed by atoms with Crippen molar-refractivity contribution in [3.63, 3.8) is 0 Å². The molecule has 1 radical (unpaired) electrons. The predicted octanol–water partition coefficient (Wildman–Crippen LogP) is 19.7. The van der Waals surface area contributed by atoms with Crippen molar-refractivity contribution in [2.75, 3.05) is 0 Å². The maximum absolute atomic E-state index is 8.98. The van der Waals surface area contributed by atoms with Gasteiger partial charge in [0.1, 0.15) is 5.58 Å². The van der Waals surface area contributed by atoms with E-state index in [1.54, 1.807) is 6.07 Å². The Bertz CT molecular complexity index is 4260. The first kappa shape index (κ1) is 46.9. The van der Waals surface area contributed by atoms with E-state index in [4.69, 9.17) is 21.2 Å². The third kappa shape index (κ3) is 9.88. The summed E-state index contributed by atoms with van der Waals surface area (Å²) < 4.78 is 53.6. The van der Waals surface area contributed by atoms with E-state index in [1.807, 2.05) is 117 Å². The molecule has 12 aromatic rings. The van der Waals surface area contributed by atoms with Gasteiger partial charge in [-0.1, -0.05) is 214 Å². The van der Waals surface area contributed by atoms with Crippen LogP contribution in [0.4, 0.5) is 0 Å². The summed E-state index contributed by atoms with van der Waals surface area (Å²) in [5.41, 5.74) is 16.2. The van der Waals surface area contributed by atoms with E-state index in [9.17, 15) is 0 Å². The van der Waals surface area contributed by atoms with Gasteiger partial charge in [-0.3, -0.25) is 9.97 Å². The van der Waals surface area contributed by atoms with Gasteiger partial charge >= 0.3 is 0 Å². The standard InChI is InChI=1S/C39H37N2O.C32H31N2.Ir/c1-23(2)20-26-21-32(24(3)4)36(33(22-26)25(5)6)41-35-17-10-9-16-34(35)40-39(41)31-15-11-14-29-30-19-18-27-12-7-8-13-28(27)37(30)42-38(29)31;1-21(2)26-14-11-15-27(22(3)4)31(26)34-30-17-10-9-16-29(30)33-32(34)25-19-18-23(5)28(20-25)24-12-7-6-8-13-24;/h7-14,16-19,21-25H,20H2,1-6H3;6-18,20-22H,1-5H3;/q2*-1;/i;5D3,21D,22D;. The van der Waals surface area contributed by atoms with Gasteiger partial charge in [0, 0.05) is 49.1 Å². The van der Waals surface area contributed by atoms with Crippen LogP contribution in [0, 0.1) is 24.9 Å². The van der Waals surface area contributed by atoms with Gasteiger partial charge in [0.05, 0.1) is 39.3 Å². The molecule has 77 heavy (non-hydrogen) atoms. The van der Waals surface area contributed by atoms with Crippen LogP contribution in [0.3, 0.4) is 0 Å². The van der Waals surface area contributed by atoms with Crippen LogP contribution in [-0.4, -0.2) is 19.1 Å². The maximum Gasteiger partial charge on any atom is 0.128 e. The van der Waals surface area contributed by atoms with Crippen molar-refractivity contribution >= 4 is 54.8 Å². The summed E-state index contributed by atoms with van der Waals surface area (Å²) in [7, 11) is 0. The van der Waals surface area contributed by atoms with E-state index in [0.717, 1.165) is 89.6 Å². The second kappa shape index (κ2) is 21.9. The van der Waals surface area contributed by atoms with Gasteiger partial charge in [-0.05, 0) is 99.0 Å². The number of aryl methyl sites for hydroxylation is 1. The van der Waals surface area contributed by atoms with Crippen molar-refractivity contribution in [2.45, 2.75) is 106 Å². The molecule has 0 aliphatic rings. The number of rotatable bonds is 11. The number of benzene rings is 9. The van der Waals surface area contributed by atoms with Crippen molar-refractivity contribution in [3.8, 4) is 45.3 Å². The first-order chi connectivity index (χ1) is 38.6. The molecule has 0 atom stereocenters. The molecule has 0 aliphatic carbocycles. The van der Waals surface area contributed by atoms with Crippen LogP contribution in [-0.2, 0) is 26.5 Å². The second-order valence-corrected chi connectivity index (χ2v) is 21.7. The number of para-hydroxylation sites is 5. The Kier molecular flexibility index (Phi) is 13.4. The van der Waals surface area contributed by atoms with Gasteiger partial charge in [0.25, 0.3) is 0 Å². The van der Waals surface area contributed by atoms with Crippen LogP contribution < -0.4 is 0 Å². The zero-order valence-corrected chi connectivity index (χ0v) is 48.0. The number of hydrogen-bond donors (Lipinski definition) is 0. The van der Waals surface area contributed by atoms with Gasteiger partial charge in [-0.2, -0.15) is 0 Å². The summed E-state index contributed by atoms with van der Waals surface area (Å²) in [6.07, 6.45) is 1.07. The molecule has 0 fully saturated rings. The summed E-state index contributed by atoms with van der Waals surface area (Å²) in [6, 6.07) is 63.5. The van der Waals surface area contributed by atoms with E-state index in [1.165, 1.54) is 27.8 Å². The van der Waals surface area contributed by atoms with E-state index >= 15 is 0 Å². The molecule has 0 saturated heterocycles. The van der Waals surface area contributed by atoms with Gasteiger partial charge in [0.15, 0.2) is 0 Å². The number of furan rings is 1. The Morgan fingerprint density at radius 2 is 1.12 bits per heavy atom. The van der Waals surface area contributed by atoms with E-state index < -0.39 is 18.6 Å². The van der Waals surface area contributed by atoms with Crippen LogP contribution in [0.25, 0.3) is 100 Å². The average molecular weight is 1190 g/mol. The SMILES string of the molecule is CC(C)Cc1cc(C(C)C)c(-n2c(-c3[c-]ccc4c3oc3c5ccccc5ccc43)nc3ccccc32)c(C(C)C)c1.[2H]C([2H])([2H])c1c[c-]c(-c2nc3ccccc3n2-c2c(C([2H])(C)C)cccc2C([2H])(C)C)cc1-c1ccccc1.[Ir]. The minimum absolute atomic E-state index is 0. The first-order valence-electron chi connectivity index (χ1n) is 29.2. The Morgan fingerprint density at radius 1 is 0.545 bits per heavy atom. The van der Waals surface area contributed by atoms with Crippen LogP contribution in [0.1, 0.15) is 133 Å². The average Bonchev–Trinajstić information content (AvgIpc) is 3.61. The molecule has 0 aliphatic heterocycles. The van der Waals surface area contributed by atoms with E-state index in [-0.39, 0.29) is 25.7 Å². The second-order valence-electron chi connectivity index (χ2n) is 21.7. The summed E-state index contributed by atoms with van der Waals surface area (Å²) in [6.45, 7) is 18.9. The predicted molar refractivity (Wildman–Crippen MR) is 321 cm³/mol. The molecular weight excluding hydrogens is 1120 g/mol. The van der Waals surface area contributed by atoms with Gasteiger partial charge in [-0.25, -0.2) is 0 Å². The van der Waals surface area contributed by atoms with E-state index in [2.05, 4.69) is 137 Å². The molecule has 0 amide bonds. The monoisotopic (exact) mass is 1190 g/mol. The van der Waals surface area contributed by atoms with Gasteiger partial charge < -0.3 is 13.6 Å². The molecule has 3 heterocycles. The summed E-state index contributed by atoms with van der Waals surface area (Å²) in [4.78, 5) is 10.3. The molecule has 5 nitrogen and oxygen atoms in total. The third-order valence-corrected chi connectivity index (χ3v) is 14.6. The summed E-state index contributed by atoms with van der Waals surface area (Å²) in [5.74, 6) is 0.814. The minimum atomic E-state index is -2.31. The van der Waals surface area contributed by atoms with Crippen LogP contribution in [0.5, 0.6) is 0 Å². The van der Waals surface area contributed by atoms with Crippen molar-refractivity contribution in [1.82, 2.24) is 19.1 Å². The van der Waals surface area contributed by atoms with Crippen molar-refractivity contribution in [2.24, 2.45) is 5.92 Å². The quantitative estimate of drug-likeness (QED) is 0.121. The normalized spacial score (nSPS) is 13.2. The van der Waals surface area contributed by atoms with Crippen LogP contribution in [0.15, 0.2) is 174 Å². The number of fused-ring (bicyclic) bond motifs is 7. The molecular formula is C71H68IrN4O-2. The molecule has 389 valence electrons. The number of hydrogen-bond acceptors (Lipinski definition) is 3. The first-order valence-corrected chi connectivity index (χ1v) is 26.7. The fraction of sp³-hybridized carbons (Fsp3) is 0.239. The molecule has 0 spiro atoms. The molecule has 6 heteroatoms. The Hall–Kier alpha value is -7.37. The summed E-state index contributed by atoms with van der Waals surface area (Å²) >= 11 is 0. The molecule has 12 rings (SSSR count). The zero-order chi connectivity index (χ0) is 57.3. The van der Waals surface area contributed by atoms with Crippen LogP contribution in [0.2, 0.25) is 0 Å². The molecule has 3 aromatic heterocycles. The molecule has 0 N–H and O–H groups in total. The third-order valence-electron chi connectivity index (χ3n) is 14.6. The summed E-state index contributed by atoms with van der Waals surface area (Å²) in [5, 5.41) is 4.50. The topological polar surface area (TPSA) is 48.8 Å². The Morgan fingerprint density at radius 3 is 1.74 bits per heavy atom. The molecule has 9 aromatic carbocycles.